The molecule has 1 saturated heterocycles. The molecule has 0 unspecified atom stereocenters. The summed E-state index contributed by atoms with van der Waals surface area (Å²) in [7, 11) is 2.16. The monoisotopic (exact) mass is 402 g/mol. The van der Waals surface area contributed by atoms with Crippen molar-refractivity contribution >= 4 is 17.2 Å². The van der Waals surface area contributed by atoms with Crippen molar-refractivity contribution in [3.05, 3.63) is 40.3 Å². The van der Waals surface area contributed by atoms with Crippen LogP contribution >= 0.6 is 11.3 Å². The van der Waals surface area contributed by atoms with Gasteiger partial charge < -0.3 is 24.2 Å². The fourth-order valence-electron chi connectivity index (χ4n) is 3.52. The number of hydrogen-bond donors (Lipinski definition) is 0. The van der Waals surface area contributed by atoms with E-state index in [9.17, 15) is 4.79 Å². The standard InChI is InChI=1S/C20H26N4O3S/c1-22-8-10-23(11-9-22)6-2-7-24(14-19-21-5-12-28-19)20(25)16-3-4-17-18(13-16)27-15-26-17/h3-5,12-13H,2,6-11,14-15H2,1H3. The van der Waals surface area contributed by atoms with Crippen LogP contribution in [0.5, 0.6) is 11.5 Å². The molecule has 0 spiro atoms. The number of ether oxygens (including phenoxy) is 2. The normalized spacial score (nSPS) is 17.0. The summed E-state index contributed by atoms with van der Waals surface area (Å²) in [6, 6.07) is 5.40. The molecule has 1 aromatic heterocycles. The van der Waals surface area contributed by atoms with Gasteiger partial charge in [0.2, 0.25) is 6.79 Å². The summed E-state index contributed by atoms with van der Waals surface area (Å²) in [5.74, 6) is 1.34. The minimum atomic E-state index is 0.00637. The summed E-state index contributed by atoms with van der Waals surface area (Å²) in [6.45, 7) is 6.88. The van der Waals surface area contributed by atoms with Crippen molar-refractivity contribution in [3.8, 4) is 11.5 Å². The summed E-state index contributed by atoms with van der Waals surface area (Å²) in [5.41, 5.74) is 0.625. The third kappa shape index (κ3) is 4.63. The lowest BCUT2D eigenvalue weighted by Crippen LogP contribution is -2.45. The molecular formula is C20H26N4O3S. The molecule has 2 aliphatic heterocycles. The number of carbonyl (C=O) groups is 1. The van der Waals surface area contributed by atoms with Crippen molar-refractivity contribution in [2.75, 3.05) is 53.1 Å². The van der Waals surface area contributed by atoms with Gasteiger partial charge in [-0.3, -0.25) is 4.79 Å². The van der Waals surface area contributed by atoms with Crippen LogP contribution in [0.1, 0.15) is 21.8 Å². The first-order valence-electron chi connectivity index (χ1n) is 9.67. The largest absolute Gasteiger partial charge is 0.454 e. The zero-order valence-corrected chi connectivity index (χ0v) is 17.0. The lowest BCUT2D eigenvalue weighted by molar-refractivity contribution is 0.0728. The zero-order valence-electron chi connectivity index (χ0n) is 16.2. The molecule has 28 heavy (non-hydrogen) atoms. The summed E-state index contributed by atoms with van der Waals surface area (Å²) >= 11 is 1.58. The van der Waals surface area contributed by atoms with Crippen molar-refractivity contribution in [1.82, 2.24) is 19.7 Å². The molecule has 4 rings (SSSR count). The first kappa shape index (κ1) is 19.2. The third-order valence-electron chi connectivity index (χ3n) is 5.21. The molecule has 0 bridgehead atoms. The molecule has 2 aliphatic rings. The third-order valence-corrected chi connectivity index (χ3v) is 5.98. The first-order chi connectivity index (χ1) is 13.7. The molecule has 1 amide bonds. The molecule has 2 aromatic rings. The van der Waals surface area contributed by atoms with Crippen LogP contribution in [0.3, 0.4) is 0 Å². The number of carbonyl (C=O) groups excluding carboxylic acids is 1. The van der Waals surface area contributed by atoms with Gasteiger partial charge in [0.25, 0.3) is 5.91 Å². The van der Waals surface area contributed by atoms with Crippen LogP contribution in [0.2, 0.25) is 0 Å². The van der Waals surface area contributed by atoms with Gasteiger partial charge in [0, 0.05) is 49.9 Å². The van der Waals surface area contributed by atoms with Crippen LogP contribution in [0.15, 0.2) is 29.8 Å². The van der Waals surface area contributed by atoms with E-state index >= 15 is 0 Å². The number of amides is 1. The maximum Gasteiger partial charge on any atom is 0.254 e. The van der Waals surface area contributed by atoms with Crippen molar-refractivity contribution < 1.29 is 14.3 Å². The number of benzene rings is 1. The van der Waals surface area contributed by atoms with Crippen molar-refractivity contribution in [2.24, 2.45) is 0 Å². The quantitative estimate of drug-likeness (QED) is 0.707. The van der Waals surface area contributed by atoms with Crippen LogP contribution in [0.4, 0.5) is 0 Å². The van der Waals surface area contributed by atoms with Gasteiger partial charge in [0.15, 0.2) is 11.5 Å². The topological polar surface area (TPSA) is 58.1 Å². The number of piperazine rings is 1. The predicted molar refractivity (Wildman–Crippen MR) is 108 cm³/mol. The SMILES string of the molecule is CN1CCN(CCCN(Cc2nccs2)C(=O)c2ccc3c(c2)OCO3)CC1. The average Bonchev–Trinajstić information content (AvgIpc) is 3.39. The zero-order chi connectivity index (χ0) is 19.3. The number of hydrogen-bond acceptors (Lipinski definition) is 7. The van der Waals surface area contributed by atoms with Gasteiger partial charge >= 0.3 is 0 Å². The van der Waals surface area contributed by atoms with Gasteiger partial charge in [0.1, 0.15) is 5.01 Å². The summed E-state index contributed by atoms with van der Waals surface area (Å²) in [6.07, 6.45) is 2.73. The second kappa shape index (κ2) is 8.89. The van der Waals surface area contributed by atoms with Crippen LogP contribution in [-0.2, 0) is 6.54 Å². The highest BCUT2D eigenvalue weighted by molar-refractivity contribution is 7.09. The molecule has 0 atom stereocenters. The van der Waals surface area contributed by atoms with Gasteiger partial charge in [-0.25, -0.2) is 4.98 Å². The first-order valence-corrected chi connectivity index (χ1v) is 10.6. The van der Waals surface area contributed by atoms with Crippen molar-refractivity contribution in [1.29, 1.82) is 0 Å². The second-order valence-corrected chi connectivity index (χ2v) is 8.20. The molecule has 3 heterocycles. The Balaban J connectivity index is 1.40. The Bertz CT molecular complexity index is 791. The summed E-state index contributed by atoms with van der Waals surface area (Å²) < 4.78 is 10.8. The number of rotatable bonds is 7. The number of thiazole rings is 1. The van der Waals surface area contributed by atoms with E-state index in [-0.39, 0.29) is 12.7 Å². The van der Waals surface area contributed by atoms with E-state index in [0.717, 1.165) is 44.2 Å². The Morgan fingerprint density at radius 1 is 1.21 bits per heavy atom. The Morgan fingerprint density at radius 2 is 2.04 bits per heavy atom. The van der Waals surface area contributed by atoms with Gasteiger partial charge in [-0.15, -0.1) is 11.3 Å². The highest BCUT2D eigenvalue weighted by Gasteiger charge is 2.22. The minimum absolute atomic E-state index is 0.00637. The van der Waals surface area contributed by atoms with Crippen LogP contribution < -0.4 is 9.47 Å². The predicted octanol–water partition coefficient (Wildman–Crippen LogP) is 2.15. The molecule has 0 N–H and O–H groups in total. The molecule has 0 radical (unpaired) electrons. The van der Waals surface area contributed by atoms with E-state index in [4.69, 9.17) is 9.47 Å². The smallest absolute Gasteiger partial charge is 0.254 e. The number of nitrogens with zero attached hydrogens (tertiary/aromatic N) is 4. The number of fused-ring (bicyclic) bond motifs is 1. The van der Waals surface area contributed by atoms with Gasteiger partial charge in [-0.05, 0) is 38.2 Å². The van der Waals surface area contributed by atoms with E-state index in [1.54, 1.807) is 29.7 Å². The van der Waals surface area contributed by atoms with Gasteiger partial charge in [0.05, 0.1) is 6.54 Å². The maximum atomic E-state index is 13.2. The molecule has 1 fully saturated rings. The Morgan fingerprint density at radius 3 is 2.82 bits per heavy atom. The molecule has 150 valence electrons. The van der Waals surface area contributed by atoms with Gasteiger partial charge in [-0.2, -0.15) is 0 Å². The highest BCUT2D eigenvalue weighted by Crippen LogP contribution is 2.33. The van der Waals surface area contributed by atoms with Gasteiger partial charge in [-0.1, -0.05) is 0 Å². The molecule has 0 aliphatic carbocycles. The van der Waals surface area contributed by atoms with E-state index in [1.807, 2.05) is 16.3 Å². The van der Waals surface area contributed by atoms with Crippen LogP contribution in [0, 0.1) is 0 Å². The Hall–Kier alpha value is -2.16. The molecular weight excluding hydrogens is 376 g/mol. The lowest BCUT2D eigenvalue weighted by Gasteiger charge is -2.33. The maximum absolute atomic E-state index is 13.2. The average molecular weight is 403 g/mol. The fourth-order valence-corrected chi connectivity index (χ4v) is 4.15. The number of likely N-dealkylation sites (N-methyl/N-ethyl adjacent to an activating group) is 1. The lowest BCUT2D eigenvalue weighted by atomic mass is 10.1. The minimum Gasteiger partial charge on any atom is -0.454 e. The Kier molecular flexibility index (Phi) is 6.09. The van der Waals surface area contributed by atoms with Crippen LogP contribution in [0.25, 0.3) is 0 Å². The van der Waals surface area contributed by atoms with Crippen LogP contribution in [-0.4, -0.2) is 78.7 Å². The van der Waals surface area contributed by atoms with E-state index in [1.165, 1.54) is 0 Å². The summed E-state index contributed by atoms with van der Waals surface area (Å²) in [4.78, 5) is 24.3. The molecule has 8 heteroatoms. The Labute approximate surface area is 169 Å². The van der Waals surface area contributed by atoms with Crippen molar-refractivity contribution in [2.45, 2.75) is 13.0 Å². The fraction of sp³-hybridized carbons (Fsp3) is 0.500. The van der Waals surface area contributed by atoms with Crippen molar-refractivity contribution in [3.63, 3.8) is 0 Å². The molecule has 1 aromatic carbocycles. The summed E-state index contributed by atoms with van der Waals surface area (Å²) in [5, 5.41) is 2.90. The van der Waals surface area contributed by atoms with E-state index in [2.05, 4.69) is 21.8 Å². The molecule has 0 saturated carbocycles. The number of aromatic nitrogens is 1. The highest BCUT2D eigenvalue weighted by atomic mass is 32.1. The molecule has 7 nitrogen and oxygen atoms in total. The van der Waals surface area contributed by atoms with E-state index < -0.39 is 0 Å². The second-order valence-electron chi connectivity index (χ2n) is 7.22. The van der Waals surface area contributed by atoms with E-state index in [0.29, 0.717) is 30.2 Å².